The van der Waals surface area contributed by atoms with Crippen LogP contribution in [0.4, 0.5) is 0 Å². The predicted octanol–water partition coefficient (Wildman–Crippen LogP) is 4.37. The molecule has 0 fully saturated rings. The van der Waals surface area contributed by atoms with E-state index in [-0.39, 0.29) is 5.91 Å². The molecule has 0 aliphatic heterocycles. The zero-order chi connectivity index (χ0) is 15.3. The van der Waals surface area contributed by atoms with Gasteiger partial charge in [-0.2, -0.15) is 0 Å². The topological polar surface area (TPSA) is 32.3 Å². The molecule has 1 aromatic heterocycles. The molecule has 0 aliphatic carbocycles. The third-order valence-corrected chi connectivity index (χ3v) is 6.85. The minimum Gasteiger partial charge on any atom is -0.350 e. The summed E-state index contributed by atoms with van der Waals surface area (Å²) in [6.07, 6.45) is 2.26. The SMILES string of the molecule is CCC(CC)C(CNC(=O)c1cc(Br)c(Br)s1)N(C)C. The molecule has 1 rings (SSSR count). The summed E-state index contributed by atoms with van der Waals surface area (Å²) in [5, 5.41) is 3.06. The highest BCUT2D eigenvalue weighted by molar-refractivity contribution is 9.13. The van der Waals surface area contributed by atoms with Gasteiger partial charge in [-0.25, -0.2) is 0 Å². The molecule has 1 atom stereocenters. The van der Waals surface area contributed by atoms with Gasteiger partial charge in [0.25, 0.3) is 5.91 Å². The molecule has 3 nitrogen and oxygen atoms in total. The first-order valence-electron chi connectivity index (χ1n) is 6.80. The maximum atomic E-state index is 12.2. The molecular formula is C14H22Br2N2OS. The van der Waals surface area contributed by atoms with Crippen LogP contribution in [-0.2, 0) is 0 Å². The minimum absolute atomic E-state index is 0.000735. The number of halogens is 2. The number of hydrogen-bond acceptors (Lipinski definition) is 3. The second-order valence-electron chi connectivity index (χ2n) is 5.05. The largest absolute Gasteiger partial charge is 0.350 e. The second-order valence-corrected chi connectivity index (χ2v) is 8.27. The molecule has 1 aromatic rings. The third kappa shape index (κ3) is 4.83. The van der Waals surface area contributed by atoms with Gasteiger partial charge in [-0.1, -0.05) is 26.7 Å². The van der Waals surface area contributed by atoms with Crippen molar-refractivity contribution >= 4 is 49.1 Å². The van der Waals surface area contributed by atoms with Crippen molar-refractivity contribution < 1.29 is 4.79 Å². The summed E-state index contributed by atoms with van der Waals surface area (Å²) in [4.78, 5) is 15.1. The number of nitrogens with zero attached hydrogens (tertiary/aromatic N) is 1. The molecule has 0 radical (unpaired) electrons. The van der Waals surface area contributed by atoms with Crippen LogP contribution in [0.5, 0.6) is 0 Å². The smallest absolute Gasteiger partial charge is 0.261 e. The van der Waals surface area contributed by atoms with Crippen molar-refractivity contribution in [1.29, 1.82) is 0 Å². The predicted molar refractivity (Wildman–Crippen MR) is 93.6 cm³/mol. The maximum absolute atomic E-state index is 12.2. The molecule has 114 valence electrons. The number of thiophene rings is 1. The number of amides is 1. The van der Waals surface area contributed by atoms with E-state index in [1.807, 2.05) is 6.07 Å². The average molecular weight is 426 g/mol. The van der Waals surface area contributed by atoms with E-state index < -0.39 is 0 Å². The zero-order valence-corrected chi connectivity index (χ0v) is 16.4. The number of carbonyl (C=O) groups is 1. The summed E-state index contributed by atoms with van der Waals surface area (Å²) in [6, 6.07) is 2.23. The van der Waals surface area contributed by atoms with Gasteiger partial charge < -0.3 is 10.2 Å². The Morgan fingerprint density at radius 1 is 1.35 bits per heavy atom. The molecular weight excluding hydrogens is 404 g/mol. The summed E-state index contributed by atoms with van der Waals surface area (Å²) >= 11 is 8.27. The Morgan fingerprint density at radius 2 is 1.95 bits per heavy atom. The third-order valence-electron chi connectivity index (χ3n) is 3.60. The molecule has 0 spiro atoms. The highest BCUT2D eigenvalue weighted by Gasteiger charge is 2.22. The van der Waals surface area contributed by atoms with Crippen LogP contribution in [0.2, 0.25) is 0 Å². The van der Waals surface area contributed by atoms with Crippen LogP contribution < -0.4 is 5.32 Å². The van der Waals surface area contributed by atoms with E-state index in [1.165, 1.54) is 11.3 Å². The molecule has 0 aliphatic rings. The molecule has 1 unspecified atom stereocenters. The summed E-state index contributed by atoms with van der Waals surface area (Å²) in [5.74, 6) is 0.603. The monoisotopic (exact) mass is 424 g/mol. The maximum Gasteiger partial charge on any atom is 0.261 e. The Hall–Kier alpha value is 0.0900. The molecule has 6 heteroatoms. The lowest BCUT2D eigenvalue weighted by atomic mass is 9.93. The zero-order valence-electron chi connectivity index (χ0n) is 12.4. The van der Waals surface area contributed by atoms with Gasteiger partial charge in [-0.3, -0.25) is 4.79 Å². The molecule has 1 heterocycles. The van der Waals surface area contributed by atoms with Crippen LogP contribution in [0.3, 0.4) is 0 Å². The molecule has 0 saturated heterocycles. The van der Waals surface area contributed by atoms with Gasteiger partial charge in [0.2, 0.25) is 0 Å². The normalized spacial score (nSPS) is 13.0. The molecule has 20 heavy (non-hydrogen) atoms. The van der Waals surface area contributed by atoms with Crippen LogP contribution in [-0.4, -0.2) is 37.5 Å². The molecule has 0 saturated carbocycles. The Balaban J connectivity index is 2.65. The van der Waals surface area contributed by atoms with Crippen LogP contribution >= 0.6 is 43.2 Å². The van der Waals surface area contributed by atoms with E-state index in [1.54, 1.807) is 0 Å². The van der Waals surface area contributed by atoms with Gasteiger partial charge >= 0.3 is 0 Å². The molecule has 1 amide bonds. The summed E-state index contributed by atoms with van der Waals surface area (Å²) < 4.78 is 1.88. The highest BCUT2D eigenvalue weighted by Crippen LogP contribution is 2.32. The van der Waals surface area contributed by atoms with Crippen LogP contribution in [0.15, 0.2) is 14.3 Å². The lowest BCUT2D eigenvalue weighted by Gasteiger charge is -2.31. The van der Waals surface area contributed by atoms with Gasteiger partial charge in [-0.15, -0.1) is 11.3 Å². The van der Waals surface area contributed by atoms with Crippen LogP contribution in [0.1, 0.15) is 36.4 Å². The number of hydrogen-bond donors (Lipinski definition) is 1. The van der Waals surface area contributed by atoms with E-state index in [4.69, 9.17) is 0 Å². The quantitative estimate of drug-likeness (QED) is 0.703. The highest BCUT2D eigenvalue weighted by atomic mass is 79.9. The van der Waals surface area contributed by atoms with Gasteiger partial charge in [0, 0.05) is 17.1 Å². The molecule has 0 bridgehead atoms. The van der Waals surface area contributed by atoms with E-state index in [0.29, 0.717) is 18.5 Å². The van der Waals surface area contributed by atoms with Crippen molar-refractivity contribution in [2.45, 2.75) is 32.7 Å². The second kappa shape index (κ2) is 8.51. The Morgan fingerprint density at radius 3 is 2.35 bits per heavy atom. The Bertz CT molecular complexity index is 425. The first-order chi connectivity index (χ1) is 9.40. The van der Waals surface area contributed by atoms with Gasteiger partial charge in [0.15, 0.2) is 0 Å². The fourth-order valence-corrected chi connectivity index (χ4v) is 4.30. The fraction of sp³-hybridized carbons (Fsp3) is 0.643. The van der Waals surface area contributed by atoms with Gasteiger partial charge in [0.05, 0.1) is 8.66 Å². The van der Waals surface area contributed by atoms with E-state index >= 15 is 0 Å². The van der Waals surface area contributed by atoms with Gasteiger partial charge in [0.1, 0.15) is 0 Å². The van der Waals surface area contributed by atoms with Crippen molar-refractivity contribution in [3.63, 3.8) is 0 Å². The first kappa shape index (κ1) is 18.1. The summed E-state index contributed by atoms with van der Waals surface area (Å²) in [7, 11) is 4.15. The Labute approximate surface area is 142 Å². The van der Waals surface area contributed by atoms with Crippen molar-refractivity contribution in [3.05, 3.63) is 19.2 Å². The Kier molecular flexibility index (Phi) is 7.72. The number of carbonyl (C=O) groups excluding carboxylic acids is 1. The fourth-order valence-electron chi connectivity index (χ4n) is 2.35. The number of likely N-dealkylation sites (N-methyl/N-ethyl adjacent to an activating group) is 1. The lowest BCUT2D eigenvalue weighted by molar-refractivity contribution is 0.0933. The minimum atomic E-state index is -0.000735. The number of nitrogens with one attached hydrogen (secondary N) is 1. The van der Waals surface area contributed by atoms with E-state index in [9.17, 15) is 4.79 Å². The summed E-state index contributed by atoms with van der Waals surface area (Å²) in [5.41, 5.74) is 0. The van der Waals surface area contributed by atoms with Gasteiger partial charge in [-0.05, 0) is 57.9 Å². The van der Waals surface area contributed by atoms with Crippen molar-refractivity contribution in [2.75, 3.05) is 20.6 Å². The van der Waals surface area contributed by atoms with E-state index in [2.05, 4.69) is 70.0 Å². The lowest BCUT2D eigenvalue weighted by Crippen LogP contribution is -2.44. The van der Waals surface area contributed by atoms with Crippen LogP contribution in [0, 0.1) is 5.92 Å². The van der Waals surface area contributed by atoms with Crippen molar-refractivity contribution in [3.8, 4) is 0 Å². The standard InChI is InChI=1S/C14H22Br2N2OS/c1-5-9(6-2)11(18(3)4)8-17-14(19)12-7-10(15)13(16)20-12/h7,9,11H,5-6,8H2,1-4H3,(H,17,19). The number of rotatable bonds is 7. The first-order valence-corrected chi connectivity index (χ1v) is 9.20. The summed E-state index contributed by atoms with van der Waals surface area (Å²) in [6.45, 7) is 5.10. The average Bonchev–Trinajstić information content (AvgIpc) is 2.74. The van der Waals surface area contributed by atoms with Crippen molar-refractivity contribution in [1.82, 2.24) is 10.2 Å². The van der Waals surface area contributed by atoms with Crippen molar-refractivity contribution in [2.24, 2.45) is 5.92 Å². The van der Waals surface area contributed by atoms with E-state index in [0.717, 1.165) is 26.0 Å². The molecule has 0 aromatic carbocycles. The van der Waals surface area contributed by atoms with Crippen LogP contribution in [0.25, 0.3) is 0 Å². The molecule has 1 N–H and O–H groups in total.